The fraction of sp³-hybridized carbons (Fsp3) is 0.429. The van der Waals surface area contributed by atoms with E-state index in [2.05, 4.69) is 30.7 Å². The zero-order valence-electron chi connectivity index (χ0n) is 12.1. The van der Waals surface area contributed by atoms with E-state index in [0.29, 0.717) is 0 Å². The standard InChI is InChI=1S/C14H19N3O2S/c1-5-14(2,3)16(4)12-10(6-7-11(18)19)17-8-9-20-13(17)15-12/h6-9H,5H2,1-4H3,(H,18,19). The lowest BCUT2D eigenvalue weighted by Gasteiger charge is -2.35. The first-order valence-electron chi connectivity index (χ1n) is 6.47. The molecule has 108 valence electrons. The molecule has 0 fully saturated rings. The van der Waals surface area contributed by atoms with Gasteiger partial charge in [0.2, 0.25) is 0 Å². The number of imidazole rings is 1. The second-order valence-corrected chi connectivity index (χ2v) is 6.15. The zero-order valence-corrected chi connectivity index (χ0v) is 12.9. The van der Waals surface area contributed by atoms with Crippen molar-refractivity contribution in [2.75, 3.05) is 11.9 Å². The lowest BCUT2D eigenvalue weighted by molar-refractivity contribution is -0.131. The molecular formula is C14H19N3O2S. The highest BCUT2D eigenvalue weighted by molar-refractivity contribution is 7.15. The molecule has 0 bridgehead atoms. The maximum absolute atomic E-state index is 10.8. The number of hydrogen-bond acceptors (Lipinski definition) is 4. The summed E-state index contributed by atoms with van der Waals surface area (Å²) in [7, 11) is 1.99. The van der Waals surface area contributed by atoms with Crippen LogP contribution in [0.4, 0.5) is 5.82 Å². The Kier molecular flexibility index (Phi) is 3.85. The smallest absolute Gasteiger partial charge is 0.328 e. The molecule has 2 heterocycles. The SMILES string of the molecule is CCC(C)(C)N(C)c1nc2sccn2c1C=CC(=O)O. The summed E-state index contributed by atoms with van der Waals surface area (Å²) < 4.78 is 1.92. The van der Waals surface area contributed by atoms with Gasteiger partial charge in [0.25, 0.3) is 0 Å². The summed E-state index contributed by atoms with van der Waals surface area (Å²) in [6.07, 6.45) is 5.63. The van der Waals surface area contributed by atoms with Crippen molar-refractivity contribution in [2.45, 2.75) is 32.7 Å². The highest BCUT2D eigenvalue weighted by Gasteiger charge is 2.26. The van der Waals surface area contributed by atoms with Gasteiger partial charge in [-0.3, -0.25) is 4.40 Å². The number of carbonyl (C=O) groups is 1. The lowest BCUT2D eigenvalue weighted by Crippen LogP contribution is -2.41. The summed E-state index contributed by atoms with van der Waals surface area (Å²) in [6, 6.07) is 0. The second kappa shape index (κ2) is 5.28. The zero-order chi connectivity index (χ0) is 14.9. The largest absolute Gasteiger partial charge is 0.478 e. The summed E-state index contributed by atoms with van der Waals surface area (Å²) >= 11 is 1.54. The van der Waals surface area contributed by atoms with Crippen molar-refractivity contribution in [3.8, 4) is 0 Å². The van der Waals surface area contributed by atoms with Crippen molar-refractivity contribution in [1.29, 1.82) is 0 Å². The first-order valence-corrected chi connectivity index (χ1v) is 7.35. The van der Waals surface area contributed by atoms with Crippen LogP contribution >= 0.6 is 11.3 Å². The van der Waals surface area contributed by atoms with Crippen LogP contribution in [0.15, 0.2) is 17.7 Å². The molecule has 0 atom stereocenters. The molecule has 2 aromatic rings. The molecule has 6 heteroatoms. The van der Waals surface area contributed by atoms with Crippen LogP contribution in [-0.2, 0) is 4.79 Å². The highest BCUT2D eigenvalue weighted by atomic mass is 32.1. The van der Waals surface area contributed by atoms with Crippen molar-refractivity contribution >= 4 is 34.2 Å². The van der Waals surface area contributed by atoms with Gasteiger partial charge in [0.05, 0.1) is 5.69 Å². The van der Waals surface area contributed by atoms with Crippen molar-refractivity contribution in [2.24, 2.45) is 0 Å². The number of carboxylic acids is 1. The van der Waals surface area contributed by atoms with Gasteiger partial charge >= 0.3 is 5.97 Å². The topological polar surface area (TPSA) is 57.8 Å². The van der Waals surface area contributed by atoms with Crippen molar-refractivity contribution in [3.63, 3.8) is 0 Å². The maximum Gasteiger partial charge on any atom is 0.328 e. The third-order valence-electron chi connectivity index (χ3n) is 3.75. The summed E-state index contributed by atoms with van der Waals surface area (Å²) in [5.41, 5.74) is 0.753. The van der Waals surface area contributed by atoms with Crippen molar-refractivity contribution in [1.82, 2.24) is 9.38 Å². The Bertz CT molecular complexity index is 654. The van der Waals surface area contributed by atoms with Crippen LogP contribution in [0.2, 0.25) is 0 Å². The Morgan fingerprint density at radius 3 is 2.90 bits per heavy atom. The first-order chi connectivity index (χ1) is 9.36. The molecular weight excluding hydrogens is 274 g/mol. The molecule has 0 aromatic carbocycles. The van der Waals surface area contributed by atoms with Gasteiger partial charge in [0, 0.05) is 30.2 Å². The number of aliphatic carboxylic acids is 1. The van der Waals surface area contributed by atoms with Gasteiger partial charge in [-0.1, -0.05) is 6.92 Å². The van der Waals surface area contributed by atoms with E-state index in [1.165, 1.54) is 11.3 Å². The summed E-state index contributed by atoms with van der Waals surface area (Å²) in [5, 5.41) is 10.8. The van der Waals surface area contributed by atoms with E-state index < -0.39 is 5.97 Å². The number of hydrogen-bond donors (Lipinski definition) is 1. The Balaban J connectivity index is 2.55. The van der Waals surface area contributed by atoms with E-state index in [1.807, 2.05) is 23.0 Å². The Labute approximate surface area is 122 Å². The fourth-order valence-corrected chi connectivity index (χ4v) is 2.58. The molecule has 2 aromatic heterocycles. The van der Waals surface area contributed by atoms with Gasteiger partial charge in [0.15, 0.2) is 10.8 Å². The molecule has 0 saturated carbocycles. The van der Waals surface area contributed by atoms with Crippen molar-refractivity contribution < 1.29 is 9.90 Å². The fourth-order valence-electron chi connectivity index (χ4n) is 1.87. The van der Waals surface area contributed by atoms with Gasteiger partial charge in [-0.25, -0.2) is 9.78 Å². The van der Waals surface area contributed by atoms with Crippen LogP contribution in [0.3, 0.4) is 0 Å². The van der Waals surface area contributed by atoms with Crippen LogP contribution in [0.5, 0.6) is 0 Å². The molecule has 20 heavy (non-hydrogen) atoms. The van der Waals surface area contributed by atoms with E-state index >= 15 is 0 Å². The Morgan fingerprint density at radius 2 is 2.30 bits per heavy atom. The molecule has 0 spiro atoms. The minimum atomic E-state index is -0.960. The molecule has 0 unspecified atom stereocenters. The number of rotatable bonds is 5. The molecule has 0 aliphatic heterocycles. The van der Waals surface area contributed by atoms with Crippen molar-refractivity contribution in [3.05, 3.63) is 23.3 Å². The van der Waals surface area contributed by atoms with Gasteiger partial charge in [0.1, 0.15) is 0 Å². The molecule has 0 saturated heterocycles. The molecule has 0 aliphatic carbocycles. The van der Waals surface area contributed by atoms with E-state index in [0.717, 1.165) is 29.0 Å². The highest BCUT2D eigenvalue weighted by Crippen LogP contribution is 2.30. The molecule has 0 amide bonds. The van der Waals surface area contributed by atoms with Crippen LogP contribution in [0.1, 0.15) is 32.9 Å². The average molecular weight is 293 g/mol. The van der Waals surface area contributed by atoms with Crippen LogP contribution in [0, 0.1) is 0 Å². The minimum Gasteiger partial charge on any atom is -0.478 e. The number of carboxylic acid groups (broad SMARTS) is 1. The second-order valence-electron chi connectivity index (χ2n) is 5.27. The van der Waals surface area contributed by atoms with E-state index in [-0.39, 0.29) is 5.54 Å². The van der Waals surface area contributed by atoms with E-state index in [9.17, 15) is 4.79 Å². The minimum absolute atomic E-state index is 0.0458. The Hall–Kier alpha value is -1.82. The maximum atomic E-state index is 10.8. The lowest BCUT2D eigenvalue weighted by atomic mass is 10.00. The number of aromatic nitrogens is 2. The summed E-state index contributed by atoms with van der Waals surface area (Å²) in [6.45, 7) is 6.41. The normalized spacial score (nSPS) is 12.4. The third-order valence-corrected chi connectivity index (χ3v) is 4.51. The number of thiazole rings is 1. The quantitative estimate of drug-likeness (QED) is 0.861. The predicted molar refractivity (Wildman–Crippen MR) is 82.5 cm³/mol. The molecule has 1 N–H and O–H groups in total. The predicted octanol–water partition coefficient (Wildman–Crippen LogP) is 3.12. The third kappa shape index (κ3) is 2.56. The molecule has 0 aliphatic rings. The van der Waals surface area contributed by atoms with Crippen LogP contribution < -0.4 is 4.90 Å². The molecule has 0 radical (unpaired) electrons. The summed E-state index contributed by atoms with van der Waals surface area (Å²) in [4.78, 5) is 18.4. The van der Waals surface area contributed by atoms with Gasteiger partial charge in [-0.05, 0) is 26.3 Å². The monoisotopic (exact) mass is 293 g/mol. The first kappa shape index (κ1) is 14.6. The van der Waals surface area contributed by atoms with Gasteiger partial charge in [-0.15, -0.1) is 11.3 Å². The Morgan fingerprint density at radius 1 is 1.60 bits per heavy atom. The van der Waals surface area contributed by atoms with Gasteiger partial charge in [-0.2, -0.15) is 0 Å². The number of fused-ring (bicyclic) bond motifs is 1. The van der Waals surface area contributed by atoms with Gasteiger partial charge < -0.3 is 10.0 Å². The molecule has 5 nitrogen and oxygen atoms in total. The van der Waals surface area contributed by atoms with E-state index in [1.54, 1.807) is 6.08 Å². The molecule has 2 rings (SSSR count). The van der Waals surface area contributed by atoms with Crippen LogP contribution in [0.25, 0.3) is 11.0 Å². The number of nitrogens with zero attached hydrogens (tertiary/aromatic N) is 3. The number of anilines is 1. The summed E-state index contributed by atoms with van der Waals surface area (Å²) in [5.74, 6) is -0.153. The van der Waals surface area contributed by atoms with E-state index in [4.69, 9.17) is 5.11 Å². The average Bonchev–Trinajstić information content (AvgIpc) is 2.95. The van der Waals surface area contributed by atoms with Crippen LogP contribution in [-0.4, -0.2) is 33.0 Å².